The summed E-state index contributed by atoms with van der Waals surface area (Å²) in [6.45, 7) is 1.74. The third kappa shape index (κ3) is 4.29. The first-order valence-electron chi connectivity index (χ1n) is 11.6. The Labute approximate surface area is 200 Å². The molecule has 0 saturated carbocycles. The van der Waals surface area contributed by atoms with Gasteiger partial charge in [-0.05, 0) is 12.8 Å². The number of rotatable bonds is 7. The lowest BCUT2D eigenvalue weighted by atomic mass is 10.1. The van der Waals surface area contributed by atoms with Crippen molar-refractivity contribution in [3.8, 4) is 17.3 Å². The minimum absolute atomic E-state index is 0.141. The van der Waals surface area contributed by atoms with Crippen LogP contribution < -0.4 is 9.64 Å². The topological polar surface area (TPSA) is 89.5 Å². The molecule has 2 saturated heterocycles. The molecule has 5 heterocycles. The van der Waals surface area contributed by atoms with Gasteiger partial charge in [0.1, 0.15) is 12.3 Å². The molecule has 0 amide bonds. The van der Waals surface area contributed by atoms with Gasteiger partial charge in [-0.2, -0.15) is 9.61 Å². The van der Waals surface area contributed by atoms with Crippen LogP contribution in [0.25, 0.3) is 17.0 Å². The predicted molar refractivity (Wildman–Crippen MR) is 123 cm³/mol. The standard InChI is InChI=1S/C23H25F2N9O/c1-31-20(26-18(29-31)12-32-14-23(24,25)15-32)13-35-22-17(33-9-5-6-10-33)11-19-27-28-21(34(19)30-22)16-7-3-2-4-8-16/h2-4,7-8,11H,5-6,9-10,12-15H2,1H3. The Morgan fingerprint density at radius 2 is 1.80 bits per heavy atom. The van der Waals surface area contributed by atoms with Crippen LogP contribution >= 0.6 is 0 Å². The molecule has 0 spiro atoms. The van der Waals surface area contributed by atoms with Crippen molar-refractivity contribution < 1.29 is 13.5 Å². The number of nitrogens with zero attached hydrogens (tertiary/aromatic N) is 9. The second-order valence-corrected chi connectivity index (χ2v) is 9.05. The fourth-order valence-corrected chi connectivity index (χ4v) is 4.58. The van der Waals surface area contributed by atoms with E-state index in [1.807, 2.05) is 36.4 Å². The molecule has 2 aliphatic heterocycles. The van der Waals surface area contributed by atoms with Gasteiger partial charge in [0.2, 0.25) is 0 Å². The van der Waals surface area contributed by atoms with Crippen molar-refractivity contribution in [3.05, 3.63) is 48.0 Å². The van der Waals surface area contributed by atoms with Gasteiger partial charge in [-0.3, -0.25) is 4.90 Å². The highest BCUT2D eigenvalue weighted by Crippen LogP contribution is 2.32. The SMILES string of the molecule is Cn1nc(CN2CC(F)(F)C2)nc1COc1nn2c(-c3ccccc3)nnc2cc1N1CCCC1. The number of hydrogen-bond acceptors (Lipinski definition) is 8. The van der Waals surface area contributed by atoms with Crippen LogP contribution in [-0.4, -0.2) is 71.6 Å². The molecule has 0 bridgehead atoms. The van der Waals surface area contributed by atoms with E-state index in [0.29, 0.717) is 29.0 Å². The maximum Gasteiger partial charge on any atom is 0.272 e. The zero-order chi connectivity index (χ0) is 24.0. The van der Waals surface area contributed by atoms with Crippen LogP contribution in [0.3, 0.4) is 0 Å². The van der Waals surface area contributed by atoms with E-state index >= 15 is 0 Å². The van der Waals surface area contributed by atoms with Crippen LogP contribution in [0.15, 0.2) is 36.4 Å². The quantitative estimate of drug-likeness (QED) is 0.398. The second-order valence-electron chi connectivity index (χ2n) is 9.05. The normalized spacial score (nSPS) is 17.7. The summed E-state index contributed by atoms with van der Waals surface area (Å²) in [5, 5.41) is 17.8. The number of aromatic nitrogens is 7. The first-order chi connectivity index (χ1) is 16.9. The van der Waals surface area contributed by atoms with Crippen molar-refractivity contribution in [3.63, 3.8) is 0 Å². The van der Waals surface area contributed by atoms with Crippen molar-refractivity contribution in [1.29, 1.82) is 0 Å². The van der Waals surface area contributed by atoms with E-state index in [2.05, 4.69) is 25.2 Å². The zero-order valence-electron chi connectivity index (χ0n) is 19.3. The maximum absolute atomic E-state index is 13.1. The van der Waals surface area contributed by atoms with Crippen molar-refractivity contribution in [1.82, 2.24) is 39.5 Å². The number of halogens is 2. The van der Waals surface area contributed by atoms with E-state index in [9.17, 15) is 8.78 Å². The van der Waals surface area contributed by atoms with Crippen LogP contribution in [0.2, 0.25) is 0 Å². The number of fused-ring (bicyclic) bond motifs is 1. The highest BCUT2D eigenvalue weighted by atomic mass is 19.3. The monoisotopic (exact) mass is 481 g/mol. The number of benzene rings is 1. The molecule has 182 valence electrons. The molecule has 2 aliphatic rings. The molecule has 35 heavy (non-hydrogen) atoms. The van der Waals surface area contributed by atoms with Gasteiger partial charge in [-0.15, -0.1) is 15.3 Å². The average molecular weight is 482 g/mol. The summed E-state index contributed by atoms with van der Waals surface area (Å²) >= 11 is 0. The number of aryl methyl sites for hydroxylation is 1. The van der Waals surface area contributed by atoms with Gasteiger partial charge in [0.05, 0.1) is 19.6 Å². The zero-order valence-corrected chi connectivity index (χ0v) is 19.3. The Balaban J connectivity index is 1.27. The summed E-state index contributed by atoms with van der Waals surface area (Å²) < 4.78 is 35.8. The molecule has 0 atom stereocenters. The maximum atomic E-state index is 13.1. The Bertz CT molecular complexity index is 1340. The molecular weight excluding hydrogens is 456 g/mol. The van der Waals surface area contributed by atoms with Crippen LogP contribution in [0.5, 0.6) is 5.88 Å². The number of hydrogen-bond donors (Lipinski definition) is 0. The van der Waals surface area contributed by atoms with Gasteiger partial charge in [0, 0.05) is 31.8 Å². The average Bonchev–Trinajstić information content (AvgIpc) is 3.56. The second kappa shape index (κ2) is 8.52. The Morgan fingerprint density at radius 1 is 1.03 bits per heavy atom. The Hall–Kier alpha value is -3.67. The number of ether oxygens (including phenoxy) is 1. The molecule has 0 radical (unpaired) electrons. The third-order valence-electron chi connectivity index (χ3n) is 6.33. The first kappa shape index (κ1) is 21.8. The number of likely N-dealkylation sites (tertiary alicyclic amines) is 1. The lowest BCUT2D eigenvalue weighted by molar-refractivity contribution is -0.134. The molecule has 12 heteroatoms. The molecule has 0 N–H and O–H groups in total. The lowest BCUT2D eigenvalue weighted by Gasteiger charge is -2.37. The number of alkyl halides is 2. The summed E-state index contributed by atoms with van der Waals surface area (Å²) in [4.78, 5) is 8.37. The van der Waals surface area contributed by atoms with Gasteiger partial charge in [-0.1, -0.05) is 30.3 Å². The van der Waals surface area contributed by atoms with Gasteiger partial charge in [0.25, 0.3) is 11.8 Å². The molecule has 1 aromatic carbocycles. The van der Waals surface area contributed by atoms with Crippen LogP contribution in [0.4, 0.5) is 14.5 Å². The summed E-state index contributed by atoms with van der Waals surface area (Å²) in [5.41, 5.74) is 2.42. The van der Waals surface area contributed by atoms with Crippen LogP contribution in [-0.2, 0) is 20.2 Å². The van der Waals surface area contributed by atoms with Crippen LogP contribution in [0, 0.1) is 0 Å². The summed E-state index contributed by atoms with van der Waals surface area (Å²) in [5.74, 6) is -0.435. The van der Waals surface area contributed by atoms with Gasteiger partial charge in [-0.25, -0.2) is 18.4 Å². The molecule has 3 aromatic heterocycles. The van der Waals surface area contributed by atoms with E-state index in [0.717, 1.165) is 37.2 Å². The van der Waals surface area contributed by atoms with E-state index in [-0.39, 0.29) is 26.2 Å². The van der Waals surface area contributed by atoms with Crippen LogP contribution in [0.1, 0.15) is 24.5 Å². The smallest absolute Gasteiger partial charge is 0.272 e. The largest absolute Gasteiger partial charge is 0.467 e. The molecule has 6 rings (SSSR count). The highest BCUT2D eigenvalue weighted by molar-refractivity contribution is 5.65. The molecular formula is C23H25F2N9O. The Morgan fingerprint density at radius 3 is 2.54 bits per heavy atom. The van der Waals surface area contributed by atoms with E-state index < -0.39 is 5.92 Å². The molecule has 0 unspecified atom stereocenters. The molecule has 0 aliphatic carbocycles. The summed E-state index contributed by atoms with van der Waals surface area (Å²) in [6.07, 6.45) is 2.21. The van der Waals surface area contributed by atoms with Gasteiger partial charge in [0.15, 0.2) is 23.1 Å². The number of anilines is 1. The van der Waals surface area contributed by atoms with E-state index in [4.69, 9.17) is 9.84 Å². The van der Waals surface area contributed by atoms with Gasteiger partial charge >= 0.3 is 0 Å². The predicted octanol–water partition coefficient (Wildman–Crippen LogP) is 2.55. The highest BCUT2D eigenvalue weighted by Gasteiger charge is 2.44. The minimum Gasteiger partial charge on any atom is -0.467 e. The molecule has 2 fully saturated rings. The van der Waals surface area contributed by atoms with Gasteiger partial charge < -0.3 is 9.64 Å². The Kier molecular flexibility index (Phi) is 5.32. The molecule has 10 nitrogen and oxygen atoms in total. The van der Waals surface area contributed by atoms with Crippen molar-refractivity contribution in [2.75, 3.05) is 31.1 Å². The van der Waals surface area contributed by atoms with E-state index in [1.54, 1.807) is 21.1 Å². The van der Waals surface area contributed by atoms with Crippen molar-refractivity contribution in [2.45, 2.75) is 31.9 Å². The van der Waals surface area contributed by atoms with E-state index in [1.165, 1.54) is 0 Å². The summed E-state index contributed by atoms with van der Waals surface area (Å²) in [6, 6.07) is 11.7. The fraction of sp³-hybridized carbons (Fsp3) is 0.435. The third-order valence-corrected chi connectivity index (χ3v) is 6.33. The lowest BCUT2D eigenvalue weighted by Crippen LogP contribution is -2.55. The minimum atomic E-state index is -2.61. The van der Waals surface area contributed by atoms with Crippen molar-refractivity contribution in [2.24, 2.45) is 7.05 Å². The molecule has 4 aromatic rings. The summed E-state index contributed by atoms with van der Waals surface area (Å²) in [7, 11) is 1.77. The van der Waals surface area contributed by atoms with Crippen molar-refractivity contribution >= 4 is 11.3 Å². The first-order valence-corrected chi connectivity index (χ1v) is 11.6. The fourth-order valence-electron chi connectivity index (χ4n) is 4.58.